The van der Waals surface area contributed by atoms with E-state index in [9.17, 15) is 4.79 Å². The molecule has 0 saturated carbocycles. The lowest BCUT2D eigenvalue weighted by Crippen LogP contribution is -2.26. The van der Waals surface area contributed by atoms with Gasteiger partial charge in [0.1, 0.15) is 17.2 Å². The van der Waals surface area contributed by atoms with Gasteiger partial charge in [0.15, 0.2) is 5.69 Å². The normalized spacial score (nSPS) is 10.9. The van der Waals surface area contributed by atoms with Crippen LogP contribution in [0.3, 0.4) is 0 Å². The molecule has 0 N–H and O–H groups in total. The van der Waals surface area contributed by atoms with Crippen molar-refractivity contribution in [1.29, 1.82) is 0 Å². The third-order valence-corrected chi connectivity index (χ3v) is 4.42. The number of benzene rings is 1. The van der Waals surface area contributed by atoms with E-state index >= 15 is 0 Å². The average Bonchev–Trinajstić information content (AvgIpc) is 3.35. The third kappa shape index (κ3) is 3.17. The van der Waals surface area contributed by atoms with Gasteiger partial charge >= 0.3 is 0 Å². The van der Waals surface area contributed by atoms with E-state index < -0.39 is 0 Å². The summed E-state index contributed by atoms with van der Waals surface area (Å²) in [5.74, 6) is 1.32. The SMILES string of the molecule is COc1ccc(-c2c(C(=O)N(C)Cc3ccco3)nc3ccccn23)cc1. The molecule has 1 aromatic carbocycles. The third-order valence-electron chi connectivity index (χ3n) is 4.42. The lowest BCUT2D eigenvalue weighted by atomic mass is 10.1. The van der Waals surface area contributed by atoms with E-state index in [4.69, 9.17) is 9.15 Å². The zero-order valence-corrected chi connectivity index (χ0v) is 15.1. The minimum Gasteiger partial charge on any atom is -0.497 e. The van der Waals surface area contributed by atoms with Crippen LogP contribution < -0.4 is 4.74 Å². The maximum Gasteiger partial charge on any atom is 0.274 e. The molecule has 0 aliphatic heterocycles. The number of imidazole rings is 1. The van der Waals surface area contributed by atoms with Crippen LogP contribution in [0.1, 0.15) is 16.2 Å². The van der Waals surface area contributed by atoms with Crippen molar-refractivity contribution in [2.75, 3.05) is 14.2 Å². The van der Waals surface area contributed by atoms with Crippen molar-refractivity contribution >= 4 is 11.6 Å². The second-order valence-corrected chi connectivity index (χ2v) is 6.21. The van der Waals surface area contributed by atoms with Crippen LogP contribution >= 0.6 is 0 Å². The number of amides is 1. The molecule has 0 atom stereocenters. The highest BCUT2D eigenvalue weighted by Gasteiger charge is 2.23. The van der Waals surface area contributed by atoms with Gasteiger partial charge in [-0.1, -0.05) is 6.07 Å². The van der Waals surface area contributed by atoms with E-state index in [2.05, 4.69) is 4.98 Å². The van der Waals surface area contributed by atoms with Crippen LogP contribution in [-0.4, -0.2) is 34.3 Å². The molecular formula is C21H19N3O3. The Hall–Kier alpha value is -3.54. The van der Waals surface area contributed by atoms with Gasteiger partial charge in [-0.05, 0) is 48.5 Å². The summed E-state index contributed by atoms with van der Waals surface area (Å²) in [7, 11) is 3.37. The van der Waals surface area contributed by atoms with Gasteiger partial charge in [-0.3, -0.25) is 9.20 Å². The first kappa shape index (κ1) is 16.9. The largest absolute Gasteiger partial charge is 0.497 e. The molecule has 27 heavy (non-hydrogen) atoms. The first-order chi connectivity index (χ1) is 13.2. The molecule has 4 rings (SSSR count). The molecule has 3 aromatic heterocycles. The second kappa shape index (κ2) is 6.99. The van der Waals surface area contributed by atoms with Gasteiger partial charge in [-0.25, -0.2) is 4.98 Å². The number of ether oxygens (including phenoxy) is 1. The Labute approximate surface area is 156 Å². The predicted octanol–water partition coefficient (Wildman–Crippen LogP) is 3.88. The Balaban J connectivity index is 1.78. The van der Waals surface area contributed by atoms with Crippen LogP contribution in [0.2, 0.25) is 0 Å². The Morgan fingerprint density at radius 3 is 2.67 bits per heavy atom. The number of pyridine rings is 1. The first-order valence-corrected chi connectivity index (χ1v) is 8.56. The zero-order valence-electron chi connectivity index (χ0n) is 15.1. The number of aromatic nitrogens is 2. The van der Waals surface area contributed by atoms with Crippen LogP contribution in [-0.2, 0) is 6.54 Å². The van der Waals surface area contributed by atoms with Crippen molar-refractivity contribution in [2.45, 2.75) is 6.54 Å². The van der Waals surface area contributed by atoms with E-state index in [0.717, 1.165) is 28.4 Å². The molecule has 0 spiro atoms. The van der Waals surface area contributed by atoms with Crippen LogP contribution in [0.5, 0.6) is 5.75 Å². The quantitative estimate of drug-likeness (QED) is 0.541. The number of hydrogen-bond acceptors (Lipinski definition) is 4. The standard InChI is InChI=1S/C21H19N3O3/c1-23(14-17-6-5-13-27-17)21(25)19-20(15-8-10-16(26-2)11-9-15)24-12-4-3-7-18(24)22-19/h3-13H,14H2,1-2H3. The minimum atomic E-state index is -0.166. The second-order valence-electron chi connectivity index (χ2n) is 6.21. The van der Waals surface area contributed by atoms with Crippen LogP contribution in [0.25, 0.3) is 16.9 Å². The summed E-state index contributed by atoms with van der Waals surface area (Å²) >= 11 is 0. The lowest BCUT2D eigenvalue weighted by Gasteiger charge is -2.15. The van der Waals surface area contributed by atoms with Gasteiger partial charge in [0, 0.05) is 18.8 Å². The number of rotatable bonds is 5. The number of furan rings is 1. The van der Waals surface area contributed by atoms with E-state index in [1.165, 1.54) is 0 Å². The van der Waals surface area contributed by atoms with E-state index in [1.807, 2.05) is 59.1 Å². The Morgan fingerprint density at radius 1 is 1.15 bits per heavy atom. The zero-order chi connectivity index (χ0) is 18.8. The van der Waals surface area contributed by atoms with Crippen molar-refractivity contribution in [2.24, 2.45) is 0 Å². The Bertz CT molecular complexity index is 1070. The van der Waals surface area contributed by atoms with Gasteiger partial charge in [-0.2, -0.15) is 0 Å². The van der Waals surface area contributed by atoms with Crippen molar-refractivity contribution in [3.8, 4) is 17.0 Å². The molecule has 0 radical (unpaired) electrons. The highest BCUT2D eigenvalue weighted by atomic mass is 16.5. The molecule has 0 saturated heterocycles. The van der Waals surface area contributed by atoms with Crippen LogP contribution in [0.15, 0.2) is 71.5 Å². The summed E-state index contributed by atoms with van der Waals surface area (Å²) in [4.78, 5) is 19.3. The molecule has 3 heterocycles. The number of methoxy groups -OCH3 is 1. The van der Waals surface area contributed by atoms with Crippen molar-refractivity contribution < 1.29 is 13.9 Å². The maximum absolute atomic E-state index is 13.1. The Kier molecular flexibility index (Phi) is 4.38. The first-order valence-electron chi connectivity index (χ1n) is 8.56. The number of carbonyl (C=O) groups excluding carboxylic acids is 1. The molecule has 4 aromatic rings. The average molecular weight is 361 g/mol. The summed E-state index contributed by atoms with van der Waals surface area (Å²) < 4.78 is 12.5. The fourth-order valence-electron chi connectivity index (χ4n) is 3.06. The molecule has 6 nitrogen and oxygen atoms in total. The number of nitrogens with zero attached hydrogens (tertiary/aromatic N) is 3. The molecule has 0 bridgehead atoms. The van der Waals surface area contributed by atoms with E-state index in [0.29, 0.717) is 12.2 Å². The van der Waals surface area contributed by atoms with Gasteiger partial charge in [0.25, 0.3) is 5.91 Å². The maximum atomic E-state index is 13.1. The summed E-state index contributed by atoms with van der Waals surface area (Å²) in [6, 6.07) is 17.0. The van der Waals surface area contributed by atoms with E-state index in [1.54, 1.807) is 31.4 Å². The molecule has 1 amide bonds. The van der Waals surface area contributed by atoms with Gasteiger partial charge in [0.2, 0.25) is 0 Å². The molecular weight excluding hydrogens is 342 g/mol. The van der Waals surface area contributed by atoms with Crippen molar-refractivity contribution in [3.05, 3.63) is 78.5 Å². The topological polar surface area (TPSA) is 60.0 Å². The molecule has 136 valence electrons. The summed E-state index contributed by atoms with van der Waals surface area (Å²) in [5, 5.41) is 0. The highest BCUT2D eigenvalue weighted by Crippen LogP contribution is 2.28. The number of carbonyl (C=O) groups is 1. The monoisotopic (exact) mass is 361 g/mol. The van der Waals surface area contributed by atoms with Crippen molar-refractivity contribution in [3.63, 3.8) is 0 Å². The van der Waals surface area contributed by atoms with Gasteiger partial charge in [0.05, 0.1) is 25.6 Å². The summed E-state index contributed by atoms with van der Waals surface area (Å²) in [6.45, 7) is 0.377. The predicted molar refractivity (Wildman–Crippen MR) is 102 cm³/mol. The highest BCUT2D eigenvalue weighted by molar-refractivity contribution is 5.99. The lowest BCUT2D eigenvalue weighted by molar-refractivity contribution is 0.0771. The molecule has 6 heteroatoms. The van der Waals surface area contributed by atoms with Gasteiger partial charge < -0.3 is 14.1 Å². The minimum absolute atomic E-state index is 0.166. The number of fused-ring (bicyclic) bond motifs is 1. The van der Waals surface area contributed by atoms with Crippen LogP contribution in [0.4, 0.5) is 0 Å². The molecule has 0 fully saturated rings. The van der Waals surface area contributed by atoms with Crippen LogP contribution in [0, 0.1) is 0 Å². The fraction of sp³-hybridized carbons (Fsp3) is 0.143. The summed E-state index contributed by atoms with van der Waals surface area (Å²) in [6.07, 6.45) is 3.51. The van der Waals surface area contributed by atoms with Gasteiger partial charge in [-0.15, -0.1) is 0 Å². The number of hydrogen-bond donors (Lipinski definition) is 0. The molecule has 0 aliphatic carbocycles. The molecule has 0 unspecified atom stereocenters. The Morgan fingerprint density at radius 2 is 1.96 bits per heavy atom. The fourth-order valence-corrected chi connectivity index (χ4v) is 3.06. The smallest absolute Gasteiger partial charge is 0.274 e. The van der Waals surface area contributed by atoms with Crippen molar-refractivity contribution in [1.82, 2.24) is 14.3 Å². The van der Waals surface area contributed by atoms with E-state index in [-0.39, 0.29) is 5.91 Å². The molecule has 0 aliphatic rings. The summed E-state index contributed by atoms with van der Waals surface area (Å²) in [5.41, 5.74) is 2.77.